The van der Waals surface area contributed by atoms with Gasteiger partial charge in [0.25, 0.3) is 0 Å². The van der Waals surface area contributed by atoms with Crippen molar-refractivity contribution in [3.05, 3.63) is 12.8 Å². The lowest BCUT2D eigenvalue weighted by atomic mass is 10.3. The first-order valence-electron chi connectivity index (χ1n) is 4.04. The molecule has 3 nitrogen and oxygen atoms in total. The summed E-state index contributed by atoms with van der Waals surface area (Å²) < 4.78 is 15.5. The first kappa shape index (κ1) is 11.7. The molecule has 0 saturated heterocycles. The molecular formula is C8H18O3Si. The summed E-state index contributed by atoms with van der Waals surface area (Å²) in [7, 11) is 1.96. The molecule has 0 amide bonds. The fraction of sp³-hybridized carbons (Fsp3) is 0.750. The zero-order valence-electron chi connectivity index (χ0n) is 8.08. The predicted octanol–water partition coefficient (Wildman–Crippen LogP) is 1.44. The largest absolute Gasteiger partial charge is 0.502 e. The first-order chi connectivity index (χ1) is 5.76. The summed E-state index contributed by atoms with van der Waals surface area (Å²) in [5.74, 6) is 0. The van der Waals surface area contributed by atoms with Crippen LogP contribution in [-0.2, 0) is 13.6 Å². The molecule has 0 aliphatic rings. The highest BCUT2D eigenvalue weighted by atomic mass is 28.3. The van der Waals surface area contributed by atoms with Crippen molar-refractivity contribution in [1.82, 2.24) is 0 Å². The molecule has 0 aromatic heterocycles. The van der Waals surface area contributed by atoms with Crippen LogP contribution in [0.2, 0.25) is 5.54 Å². The minimum absolute atomic E-state index is 0.472. The number of ether oxygens (including phenoxy) is 1. The average molecular weight is 190 g/mol. The van der Waals surface area contributed by atoms with E-state index < -0.39 is 9.28 Å². The molecule has 12 heavy (non-hydrogen) atoms. The number of rotatable bonds is 7. The van der Waals surface area contributed by atoms with Crippen LogP contribution in [-0.4, -0.2) is 30.1 Å². The van der Waals surface area contributed by atoms with E-state index in [1.807, 2.05) is 0 Å². The summed E-state index contributed by atoms with van der Waals surface area (Å²) in [6, 6.07) is 0. The van der Waals surface area contributed by atoms with Gasteiger partial charge in [-0.05, 0) is 6.42 Å². The standard InChI is InChI=1S/C8H18O3Si/c1-5-11-7-6-8(2)12(9-3)10-4/h5,8,12H,1,6-7H2,2-4H3. The quantitative estimate of drug-likeness (QED) is 0.345. The molecule has 1 unspecified atom stereocenters. The van der Waals surface area contributed by atoms with Gasteiger partial charge in [0.15, 0.2) is 0 Å². The van der Waals surface area contributed by atoms with Crippen molar-refractivity contribution in [3.8, 4) is 0 Å². The fourth-order valence-corrected chi connectivity index (χ4v) is 2.56. The Bertz CT molecular complexity index is 115. The lowest BCUT2D eigenvalue weighted by molar-refractivity contribution is 0.224. The molecule has 0 spiro atoms. The van der Waals surface area contributed by atoms with Gasteiger partial charge in [0.2, 0.25) is 0 Å². The van der Waals surface area contributed by atoms with E-state index in [1.54, 1.807) is 14.2 Å². The molecule has 0 heterocycles. The molecule has 0 fully saturated rings. The van der Waals surface area contributed by atoms with E-state index in [9.17, 15) is 0 Å². The molecule has 4 heteroatoms. The minimum atomic E-state index is -1.44. The molecule has 0 aliphatic carbocycles. The van der Waals surface area contributed by atoms with Crippen molar-refractivity contribution in [2.24, 2.45) is 0 Å². The van der Waals surface area contributed by atoms with Crippen LogP contribution in [0.25, 0.3) is 0 Å². The lowest BCUT2D eigenvalue weighted by Gasteiger charge is -2.17. The lowest BCUT2D eigenvalue weighted by Crippen LogP contribution is -2.25. The maximum absolute atomic E-state index is 5.23. The summed E-state index contributed by atoms with van der Waals surface area (Å²) in [4.78, 5) is 0. The van der Waals surface area contributed by atoms with Crippen molar-refractivity contribution >= 4 is 9.28 Å². The van der Waals surface area contributed by atoms with Crippen LogP contribution >= 0.6 is 0 Å². The normalized spacial score (nSPS) is 13.0. The highest BCUT2D eigenvalue weighted by molar-refractivity contribution is 6.46. The second-order valence-corrected chi connectivity index (χ2v) is 5.46. The van der Waals surface area contributed by atoms with E-state index in [4.69, 9.17) is 13.6 Å². The third-order valence-electron chi connectivity index (χ3n) is 1.74. The van der Waals surface area contributed by atoms with Crippen molar-refractivity contribution in [3.63, 3.8) is 0 Å². The van der Waals surface area contributed by atoms with Gasteiger partial charge in [0.05, 0.1) is 12.9 Å². The van der Waals surface area contributed by atoms with Gasteiger partial charge in [-0.3, -0.25) is 0 Å². The zero-order valence-corrected chi connectivity index (χ0v) is 9.23. The summed E-state index contributed by atoms with van der Waals surface area (Å²) in [5, 5.41) is 0. The summed E-state index contributed by atoms with van der Waals surface area (Å²) in [5.41, 5.74) is 0.472. The zero-order chi connectivity index (χ0) is 9.40. The number of hydrogen-bond acceptors (Lipinski definition) is 3. The Labute approximate surface area is 76.2 Å². The average Bonchev–Trinajstić information content (AvgIpc) is 2.07. The third-order valence-corrected chi connectivity index (χ3v) is 3.93. The monoisotopic (exact) mass is 190 g/mol. The summed E-state index contributed by atoms with van der Waals surface area (Å²) in [6.07, 6.45) is 2.42. The highest BCUT2D eigenvalue weighted by Gasteiger charge is 2.18. The van der Waals surface area contributed by atoms with E-state index in [0.717, 1.165) is 6.42 Å². The smallest absolute Gasteiger partial charge is 0.323 e. The van der Waals surface area contributed by atoms with Gasteiger partial charge in [-0.1, -0.05) is 13.5 Å². The Balaban J connectivity index is 3.53. The van der Waals surface area contributed by atoms with Crippen molar-refractivity contribution in [2.75, 3.05) is 20.8 Å². The van der Waals surface area contributed by atoms with Crippen LogP contribution in [0.3, 0.4) is 0 Å². The van der Waals surface area contributed by atoms with Gasteiger partial charge in [-0.25, -0.2) is 0 Å². The highest BCUT2D eigenvalue weighted by Crippen LogP contribution is 2.14. The van der Waals surface area contributed by atoms with Crippen LogP contribution < -0.4 is 0 Å². The Morgan fingerprint density at radius 2 is 2.00 bits per heavy atom. The maximum Gasteiger partial charge on any atom is 0.323 e. The Hall–Kier alpha value is -0.323. The van der Waals surface area contributed by atoms with Crippen LogP contribution in [0.15, 0.2) is 12.8 Å². The molecule has 0 aliphatic heterocycles. The van der Waals surface area contributed by atoms with Gasteiger partial charge in [0, 0.05) is 19.8 Å². The van der Waals surface area contributed by atoms with E-state index in [-0.39, 0.29) is 0 Å². The second kappa shape index (κ2) is 7.33. The van der Waals surface area contributed by atoms with Gasteiger partial charge in [-0.2, -0.15) is 0 Å². The Morgan fingerprint density at radius 1 is 1.42 bits per heavy atom. The van der Waals surface area contributed by atoms with Gasteiger partial charge < -0.3 is 13.6 Å². The maximum atomic E-state index is 5.23. The van der Waals surface area contributed by atoms with Gasteiger partial charge in [0.1, 0.15) is 0 Å². The van der Waals surface area contributed by atoms with E-state index >= 15 is 0 Å². The van der Waals surface area contributed by atoms with Gasteiger partial charge >= 0.3 is 9.28 Å². The van der Waals surface area contributed by atoms with Crippen molar-refractivity contribution < 1.29 is 13.6 Å². The Kier molecular flexibility index (Phi) is 7.14. The fourth-order valence-electron chi connectivity index (χ4n) is 1.03. The van der Waals surface area contributed by atoms with Crippen molar-refractivity contribution in [1.29, 1.82) is 0 Å². The molecule has 0 N–H and O–H groups in total. The van der Waals surface area contributed by atoms with E-state index in [1.165, 1.54) is 6.26 Å². The topological polar surface area (TPSA) is 27.7 Å². The van der Waals surface area contributed by atoms with Crippen LogP contribution in [0.4, 0.5) is 0 Å². The minimum Gasteiger partial charge on any atom is -0.502 e. The SMILES string of the molecule is C=COCCC(C)[SiH](OC)OC. The van der Waals surface area contributed by atoms with Crippen LogP contribution in [0.5, 0.6) is 0 Å². The first-order valence-corrected chi connectivity index (χ1v) is 5.65. The van der Waals surface area contributed by atoms with E-state index in [0.29, 0.717) is 12.1 Å². The molecule has 0 aromatic rings. The second-order valence-electron chi connectivity index (χ2n) is 2.64. The summed E-state index contributed by atoms with van der Waals surface area (Å²) >= 11 is 0. The predicted molar refractivity (Wildman–Crippen MR) is 51.4 cm³/mol. The molecule has 72 valence electrons. The molecule has 0 radical (unpaired) electrons. The van der Waals surface area contributed by atoms with Crippen LogP contribution in [0, 0.1) is 0 Å². The van der Waals surface area contributed by atoms with Crippen LogP contribution in [0.1, 0.15) is 13.3 Å². The number of hydrogen-bond donors (Lipinski definition) is 0. The molecule has 0 bridgehead atoms. The molecule has 1 atom stereocenters. The molecule has 0 saturated carbocycles. The van der Waals surface area contributed by atoms with E-state index in [2.05, 4.69) is 13.5 Å². The third kappa shape index (κ3) is 4.53. The van der Waals surface area contributed by atoms with Crippen molar-refractivity contribution in [2.45, 2.75) is 18.9 Å². The Morgan fingerprint density at radius 3 is 2.42 bits per heavy atom. The molecule has 0 aromatic carbocycles. The summed E-state index contributed by atoms with van der Waals surface area (Å²) in [6.45, 7) is 6.29. The molecule has 0 rings (SSSR count). The molecular weight excluding hydrogens is 172 g/mol. The van der Waals surface area contributed by atoms with Gasteiger partial charge in [-0.15, -0.1) is 0 Å².